The number of carbonyl (C=O) groups excluding carboxylic acids is 2. The maximum atomic E-state index is 12.7. The van der Waals surface area contributed by atoms with Gasteiger partial charge < -0.3 is 10.6 Å². The van der Waals surface area contributed by atoms with E-state index in [0.29, 0.717) is 12.8 Å². The van der Waals surface area contributed by atoms with E-state index in [1.165, 1.54) is 5.56 Å². The van der Waals surface area contributed by atoms with E-state index in [2.05, 4.69) is 53.6 Å². The van der Waals surface area contributed by atoms with Crippen molar-refractivity contribution in [1.29, 1.82) is 0 Å². The van der Waals surface area contributed by atoms with Gasteiger partial charge in [-0.15, -0.1) is 0 Å². The van der Waals surface area contributed by atoms with E-state index in [1.807, 2.05) is 6.07 Å². The minimum atomic E-state index is -0.402. The SMILES string of the molecule is CCCCCCC(=O)NC(CCC)C(=O)NC1CCN(Cc2ccccc2)CC1. The lowest BCUT2D eigenvalue weighted by Crippen LogP contribution is -2.52. The van der Waals surface area contributed by atoms with Gasteiger partial charge in [0, 0.05) is 32.1 Å². The summed E-state index contributed by atoms with van der Waals surface area (Å²) >= 11 is 0. The molecule has 1 heterocycles. The largest absolute Gasteiger partial charge is 0.351 e. The molecule has 1 unspecified atom stereocenters. The van der Waals surface area contributed by atoms with Gasteiger partial charge in [-0.05, 0) is 31.2 Å². The van der Waals surface area contributed by atoms with Crippen molar-refractivity contribution in [3.05, 3.63) is 35.9 Å². The summed E-state index contributed by atoms with van der Waals surface area (Å²) in [7, 11) is 0. The number of nitrogens with one attached hydrogen (secondary N) is 2. The first-order chi connectivity index (χ1) is 14.1. The summed E-state index contributed by atoms with van der Waals surface area (Å²) in [6, 6.07) is 10.3. The van der Waals surface area contributed by atoms with Crippen LogP contribution in [0.3, 0.4) is 0 Å². The van der Waals surface area contributed by atoms with Crippen LogP contribution in [0.5, 0.6) is 0 Å². The molecule has 1 aromatic rings. The van der Waals surface area contributed by atoms with Gasteiger partial charge in [-0.3, -0.25) is 14.5 Å². The van der Waals surface area contributed by atoms with Crippen molar-refractivity contribution in [3.63, 3.8) is 0 Å². The number of piperidine rings is 1. The molecule has 1 aliphatic rings. The van der Waals surface area contributed by atoms with Gasteiger partial charge >= 0.3 is 0 Å². The number of hydrogen-bond acceptors (Lipinski definition) is 3. The van der Waals surface area contributed by atoms with Gasteiger partial charge in [-0.2, -0.15) is 0 Å². The van der Waals surface area contributed by atoms with Crippen molar-refractivity contribution in [2.75, 3.05) is 13.1 Å². The van der Waals surface area contributed by atoms with Crippen molar-refractivity contribution in [2.45, 2.75) is 90.3 Å². The topological polar surface area (TPSA) is 61.4 Å². The van der Waals surface area contributed by atoms with Crippen LogP contribution in [-0.4, -0.2) is 41.9 Å². The summed E-state index contributed by atoms with van der Waals surface area (Å²) in [5, 5.41) is 6.15. The van der Waals surface area contributed by atoms with Crippen LogP contribution in [0, 0.1) is 0 Å². The number of rotatable bonds is 12. The quantitative estimate of drug-likeness (QED) is 0.520. The molecule has 29 heavy (non-hydrogen) atoms. The zero-order valence-electron chi connectivity index (χ0n) is 18.3. The van der Waals surface area contributed by atoms with Crippen molar-refractivity contribution >= 4 is 11.8 Å². The number of hydrogen-bond donors (Lipinski definition) is 2. The van der Waals surface area contributed by atoms with Gasteiger partial charge in [0.15, 0.2) is 0 Å². The third-order valence-electron chi connectivity index (χ3n) is 5.67. The Balaban J connectivity index is 1.73. The molecule has 1 atom stereocenters. The van der Waals surface area contributed by atoms with E-state index in [-0.39, 0.29) is 17.9 Å². The van der Waals surface area contributed by atoms with E-state index in [4.69, 9.17) is 0 Å². The smallest absolute Gasteiger partial charge is 0.242 e. The predicted molar refractivity (Wildman–Crippen MR) is 118 cm³/mol. The average molecular weight is 402 g/mol. The predicted octanol–water partition coefficient (Wildman–Crippen LogP) is 4.02. The van der Waals surface area contributed by atoms with Crippen LogP contribution in [0.15, 0.2) is 30.3 Å². The first-order valence-corrected chi connectivity index (χ1v) is 11.5. The molecule has 0 spiro atoms. The molecule has 0 saturated carbocycles. The summed E-state index contributed by atoms with van der Waals surface area (Å²) in [6.07, 6.45) is 8.32. The Labute approximate surface area is 176 Å². The van der Waals surface area contributed by atoms with Gasteiger partial charge in [0.05, 0.1) is 0 Å². The zero-order chi connectivity index (χ0) is 20.9. The fourth-order valence-electron chi connectivity index (χ4n) is 3.92. The second-order valence-corrected chi connectivity index (χ2v) is 8.26. The number of likely N-dealkylation sites (tertiary alicyclic amines) is 1. The summed E-state index contributed by atoms with van der Waals surface area (Å²) in [5.41, 5.74) is 1.33. The monoisotopic (exact) mass is 401 g/mol. The summed E-state index contributed by atoms with van der Waals surface area (Å²) < 4.78 is 0. The number of nitrogens with zero attached hydrogens (tertiary/aromatic N) is 1. The van der Waals surface area contributed by atoms with E-state index in [1.54, 1.807) is 0 Å². The van der Waals surface area contributed by atoms with Crippen LogP contribution in [0.2, 0.25) is 0 Å². The highest BCUT2D eigenvalue weighted by Gasteiger charge is 2.25. The molecule has 162 valence electrons. The Bertz CT molecular complexity index is 597. The summed E-state index contributed by atoms with van der Waals surface area (Å²) in [6.45, 7) is 7.15. The van der Waals surface area contributed by atoms with E-state index in [9.17, 15) is 9.59 Å². The van der Waals surface area contributed by atoms with Crippen molar-refractivity contribution in [2.24, 2.45) is 0 Å². The molecule has 1 fully saturated rings. The third kappa shape index (κ3) is 8.99. The maximum Gasteiger partial charge on any atom is 0.242 e. The molecule has 2 rings (SSSR count). The van der Waals surface area contributed by atoms with Crippen LogP contribution in [-0.2, 0) is 16.1 Å². The Morgan fingerprint density at radius 3 is 2.41 bits per heavy atom. The molecule has 1 aromatic carbocycles. The van der Waals surface area contributed by atoms with Crippen LogP contribution in [0.4, 0.5) is 0 Å². The summed E-state index contributed by atoms with van der Waals surface area (Å²) in [5.74, 6) is -0.0114. The Kier molecular flexibility index (Phi) is 10.8. The van der Waals surface area contributed by atoms with Gasteiger partial charge in [0.1, 0.15) is 6.04 Å². The number of unbranched alkanes of at least 4 members (excludes halogenated alkanes) is 3. The lowest BCUT2D eigenvalue weighted by atomic mass is 10.0. The Morgan fingerprint density at radius 2 is 1.76 bits per heavy atom. The highest BCUT2D eigenvalue weighted by atomic mass is 16.2. The van der Waals surface area contributed by atoms with Crippen molar-refractivity contribution in [1.82, 2.24) is 15.5 Å². The third-order valence-corrected chi connectivity index (χ3v) is 5.67. The molecule has 0 bridgehead atoms. The van der Waals surface area contributed by atoms with Crippen LogP contribution in [0.1, 0.15) is 77.2 Å². The van der Waals surface area contributed by atoms with Gasteiger partial charge in [0.25, 0.3) is 0 Å². The fraction of sp³-hybridized carbons (Fsp3) is 0.667. The minimum Gasteiger partial charge on any atom is -0.351 e. The Morgan fingerprint density at radius 1 is 1.03 bits per heavy atom. The number of amides is 2. The molecule has 0 aliphatic carbocycles. The second-order valence-electron chi connectivity index (χ2n) is 8.26. The highest BCUT2D eigenvalue weighted by molar-refractivity contribution is 5.87. The molecule has 0 radical (unpaired) electrons. The van der Waals surface area contributed by atoms with E-state index < -0.39 is 6.04 Å². The molecule has 0 aromatic heterocycles. The number of benzene rings is 1. The van der Waals surface area contributed by atoms with Gasteiger partial charge in [0.2, 0.25) is 11.8 Å². The summed E-state index contributed by atoms with van der Waals surface area (Å²) in [4.78, 5) is 27.4. The van der Waals surface area contributed by atoms with Crippen LogP contribution < -0.4 is 10.6 Å². The zero-order valence-corrected chi connectivity index (χ0v) is 18.3. The molecule has 1 saturated heterocycles. The first kappa shape index (κ1) is 23.4. The lowest BCUT2D eigenvalue weighted by Gasteiger charge is -2.33. The fourth-order valence-corrected chi connectivity index (χ4v) is 3.92. The van der Waals surface area contributed by atoms with Crippen molar-refractivity contribution in [3.8, 4) is 0 Å². The second kappa shape index (κ2) is 13.4. The minimum absolute atomic E-state index is 0.00684. The molecular weight excluding hydrogens is 362 g/mol. The van der Waals surface area contributed by atoms with E-state index >= 15 is 0 Å². The van der Waals surface area contributed by atoms with Crippen molar-refractivity contribution < 1.29 is 9.59 Å². The molecule has 5 heteroatoms. The highest BCUT2D eigenvalue weighted by Crippen LogP contribution is 2.14. The van der Waals surface area contributed by atoms with E-state index in [0.717, 1.165) is 64.6 Å². The van der Waals surface area contributed by atoms with Gasteiger partial charge in [-0.1, -0.05) is 69.9 Å². The number of carbonyl (C=O) groups is 2. The maximum absolute atomic E-state index is 12.7. The average Bonchev–Trinajstić information content (AvgIpc) is 2.73. The first-order valence-electron chi connectivity index (χ1n) is 11.5. The molecule has 1 aliphatic heterocycles. The standard InChI is InChI=1S/C24H39N3O2/c1-3-5-6-10-14-23(28)26-22(11-4-2)24(29)25-21-15-17-27(18-16-21)19-20-12-8-7-9-13-20/h7-9,12-13,21-22H,3-6,10-11,14-19H2,1-2H3,(H,25,29)(H,26,28). The Hall–Kier alpha value is -1.88. The molecular formula is C24H39N3O2. The molecule has 2 amide bonds. The van der Waals surface area contributed by atoms with Gasteiger partial charge in [-0.25, -0.2) is 0 Å². The lowest BCUT2D eigenvalue weighted by molar-refractivity contribution is -0.129. The van der Waals surface area contributed by atoms with Crippen LogP contribution in [0.25, 0.3) is 0 Å². The molecule has 2 N–H and O–H groups in total. The normalized spacial score (nSPS) is 16.3. The van der Waals surface area contributed by atoms with Crippen LogP contribution >= 0.6 is 0 Å². The molecule has 5 nitrogen and oxygen atoms in total.